The largest absolute Gasteiger partial charge is 0.496 e. The Bertz CT molecular complexity index is 735. The first-order valence-electron chi connectivity index (χ1n) is 8.05. The molecular weight excluding hydrogens is 402 g/mol. The van der Waals surface area contributed by atoms with E-state index < -0.39 is 17.9 Å². The van der Waals surface area contributed by atoms with Crippen molar-refractivity contribution in [3.05, 3.63) is 51.8 Å². The number of hydrogen-bond donors (Lipinski definition) is 0. The Morgan fingerprint density at radius 2 is 1.58 bits per heavy atom. The maximum Gasteiger partial charge on any atom is 0.336 e. The molecule has 0 aromatic heterocycles. The maximum absolute atomic E-state index is 12.5. The zero-order valence-electron chi connectivity index (χ0n) is 15.4. The summed E-state index contributed by atoms with van der Waals surface area (Å²) >= 11 is 3.44. The van der Waals surface area contributed by atoms with Crippen molar-refractivity contribution in [1.29, 1.82) is 0 Å². The van der Waals surface area contributed by atoms with Crippen LogP contribution in [0.2, 0.25) is 0 Å². The van der Waals surface area contributed by atoms with Crippen LogP contribution in [0.3, 0.4) is 0 Å². The van der Waals surface area contributed by atoms with E-state index in [4.69, 9.17) is 14.2 Å². The summed E-state index contributed by atoms with van der Waals surface area (Å²) in [6, 6.07) is 5.47. The van der Waals surface area contributed by atoms with Crippen molar-refractivity contribution in [2.75, 3.05) is 21.3 Å². The monoisotopic (exact) mass is 423 g/mol. The third kappa shape index (κ3) is 3.93. The van der Waals surface area contributed by atoms with E-state index in [0.29, 0.717) is 22.5 Å². The average molecular weight is 424 g/mol. The van der Waals surface area contributed by atoms with Gasteiger partial charge in [0.05, 0.1) is 38.4 Å². The van der Waals surface area contributed by atoms with Gasteiger partial charge < -0.3 is 19.1 Å². The van der Waals surface area contributed by atoms with Crippen molar-refractivity contribution in [3.8, 4) is 5.75 Å². The van der Waals surface area contributed by atoms with Crippen molar-refractivity contribution < 1.29 is 23.8 Å². The number of ether oxygens (including phenoxy) is 3. The fourth-order valence-corrected chi connectivity index (χ4v) is 3.19. The molecule has 0 fully saturated rings. The molecule has 2 rings (SSSR count). The summed E-state index contributed by atoms with van der Waals surface area (Å²) < 4.78 is 16.2. The van der Waals surface area contributed by atoms with E-state index >= 15 is 0 Å². The van der Waals surface area contributed by atoms with E-state index in [1.54, 1.807) is 30.5 Å². The lowest BCUT2D eigenvalue weighted by molar-refractivity contribution is -0.137. The lowest BCUT2D eigenvalue weighted by Gasteiger charge is -2.32. The number of halogens is 1. The minimum Gasteiger partial charge on any atom is -0.496 e. The lowest BCUT2D eigenvalue weighted by Crippen LogP contribution is -2.31. The number of carbonyl (C=O) groups is 2. The smallest absolute Gasteiger partial charge is 0.336 e. The molecule has 26 heavy (non-hydrogen) atoms. The highest BCUT2D eigenvalue weighted by Gasteiger charge is 2.37. The predicted molar refractivity (Wildman–Crippen MR) is 101 cm³/mol. The van der Waals surface area contributed by atoms with E-state index in [1.165, 1.54) is 14.2 Å². The van der Waals surface area contributed by atoms with Crippen molar-refractivity contribution in [2.24, 2.45) is 0 Å². The third-order valence-electron chi connectivity index (χ3n) is 4.14. The van der Waals surface area contributed by atoms with Crippen LogP contribution in [0.25, 0.3) is 0 Å². The molecule has 7 heteroatoms. The molecule has 0 saturated heterocycles. The Morgan fingerprint density at radius 1 is 1.04 bits per heavy atom. The zero-order valence-corrected chi connectivity index (χ0v) is 17.0. The quantitative estimate of drug-likeness (QED) is 0.676. The molecule has 0 aliphatic carbocycles. The fourth-order valence-electron chi connectivity index (χ4n) is 2.82. The molecule has 1 heterocycles. The number of methoxy groups -OCH3 is 3. The van der Waals surface area contributed by atoms with Crippen LogP contribution in [0.15, 0.2) is 46.2 Å². The van der Waals surface area contributed by atoms with Gasteiger partial charge in [-0.1, -0.05) is 15.9 Å². The Kier molecular flexibility index (Phi) is 6.47. The summed E-state index contributed by atoms with van der Waals surface area (Å²) in [7, 11) is 4.17. The topological polar surface area (TPSA) is 65.1 Å². The van der Waals surface area contributed by atoms with Gasteiger partial charge in [0.25, 0.3) is 0 Å². The van der Waals surface area contributed by atoms with Gasteiger partial charge in [0.1, 0.15) is 5.75 Å². The van der Waals surface area contributed by atoms with Crippen LogP contribution >= 0.6 is 15.9 Å². The molecule has 0 unspecified atom stereocenters. The number of nitrogens with zero attached hydrogens (tertiary/aromatic N) is 1. The van der Waals surface area contributed by atoms with Crippen molar-refractivity contribution in [2.45, 2.75) is 25.8 Å². The molecule has 0 bridgehead atoms. The molecule has 1 aromatic rings. The second kappa shape index (κ2) is 8.40. The molecule has 0 spiro atoms. The minimum atomic E-state index is -0.669. The normalized spacial score (nSPS) is 14.7. The van der Waals surface area contributed by atoms with Crippen LogP contribution < -0.4 is 4.74 Å². The van der Waals surface area contributed by atoms with Crippen molar-refractivity contribution in [1.82, 2.24) is 4.90 Å². The first-order valence-corrected chi connectivity index (χ1v) is 8.84. The van der Waals surface area contributed by atoms with E-state index in [0.717, 1.165) is 4.47 Å². The Balaban J connectivity index is 2.73. The van der Waals surface area contributed by atoms with Crippen LogP contribution in [0.4, 0.5) is 0 Å². The number of carbonyl (C=O) groups excluding carboxylic acids is 2. The third-order valence-corrected chi connectivity index (χ3v) is 4.63. The molecular formula is C19H22BrNO5. The van der Waals surface area contributed by atoms with E-state index in [9.17, 15) is 9.59 Å². The highest BCUT2D eigenvalue weighted by Crippen LogP contribution is 2.42. The SMILES string of the molecule is COC(=O)C1=CN(C(C)C)C=C(C(=O)OC)C1c1cc(Br)ccc1OC. The van der Waals surface area contributed by atoms with Gasteiger partial charge in [-0.25, -0.2) is 9.59 Å². The number of rotatable bonds is 5. The van der Waals surface area contributed by atoms with Crippen LogP contribution in [-0.2, 0) is 19.1 Å². The van der Waals surface area contributed by atoms with Crippen molar-refractivity contribution in [3.63, 3.8) is 0 Å². The molecule has 1 aliphatic rings. The molecule has 1 aliphatic heterocycles. The number of hydrogen-bond acceptors (Lipinski definition) is 6. The molecule has 0 saturated carbocycles. The standard InChI is InChI=1S/C19H22BrNO5/c1-11(2)21-9-14(18(22)25-4)17(15(10-21)19(23)26-5)13-8-12(20)6-7-16(13)24-3/h6-11,17H,1-5H3. The zero-order chi connectivity index (χ0) is 19.4. The van der Waals surface area contributed by atoms with Crippen LogP contribution in [0.5, 0.6) is 5.75 Å². The number of esters is 2. The van der Waals surface area contributed by atoms with Gasteiger partial charge in [0.2, 0.25) is 0 Å². The highest BCUT2D eigenvalue weighted by molar-refractivity contribution is 9.10. The average Bonchev–Trinajstić information content (AvgIpc) is 2.65. The lowest BCUT2D eigenvalue weighted by atomic mass is 9.82. The Morgan fingerprint density at radius 3 is 2.00 bits per heavy atom. The molecule has 6 nitrogen and oxygen atoms in total. The minimum absolute atomic E-state index is 0.0414. The first-order chi connectivity index (χ1) is 12.3. The van der Waals surface area contributed by atoms with Gasteiger partial charge in [-0.15, -0.1) is 0 Å². The van der Waals surface area contributed by atoms with Gasteiger partial charge in [-0.2, -0.15) is 0 Å². The Labute approximate surface area is 161 Å². The van der Waals surface area contributed by atoms with Gasteiger partial charge in [0, 0.05) is 28.5 Å². The molecule has 0 N–H and O–H groups in total. The summed E-state index contributed by atoms with van der Waals surface area (Å²) in [4.78, 5) is 26.8. The highest BCUT2D eigenvalue weighted by atomic mass is 79.9. The summed E-state index contributed by atoms with van der Waals surface area (Å²) in [6.45, 7) is 3.91. The number of benzene rings is 1. The van der Waals surface area contributed by atoms with Crippen LogP contribution in [0, 0.1) is 0 Å². The van der Waals surface area contributed by atoms with E-state index in [2.05, 4.69) is 15.9 Å². The van der Waals surface area contributed by atoms with Gasteiger partial charge >= 0.3 is 11.9 Å². The van der Waals surface area contributed by atoms with E-state index in [-0.39, 0.29) is 6.04 Å². The summed E-state index contributed by atoms with van der Waals surface area (Å²) in [5, 5.41) is 0. The maximum atomic E-state index is 12.5. The predicted octanol–water partition coefficient (Wildman–Crippen LogP) is 3.38. The molecule has 0 radical (unpaired) electrons. The van der Waals surface area contributed by atoms with Gasteiger partial charge in [-0.05, 0) is 32.0 Å². The summed E-state index contributed by atoms with van der Waals surface area (Å²) in [5.74, 6) is -1.15. The second-order valence-electron chi connectivity index (χ2n) is 6.01. The second-order valence-corrected chi connectivity index (χ2v) is 6.93. The van der Waals surface area contributed by atoms with E-state index in [1.807, 2.05) is 26.0 Å². The van der Waals surface area contributed by atoms with Crippen molar-refractivity contribution >= 4 is 27.9 Å². The summed E-state index contributed by atoms with van der Waals surface area (Å²) in [6.07, 6.45) is 3.40. The Hall–Kier alpha value is -2.28. The van der Waals surface area contributed by atoms with Crippen LogP contribution in [-0.4, -0.2) is 44.2 Å². The molecule has 1 aromatic carbocycles. The summed E-state index contributed by atoms with van der Waals surface area (Å²) in [5.41, 5.74) is 1.33. The fraction of sp³-hybridized carbons (Fsp3) is 0.368. The molecule has 0 amide bonds. The first kappa shape index (κ1) is 20.0. The van der Waals surface area contributed by atoms with Gasteiger partial charge in [-0.3, -0.25) is 0 Å². The molecule has 140 valence electrons. The molecule has 0 atom stereocenters. The van der Waals surface area contributed by atoms with Gasteiger partial charge in [0.15, 0.2) is 0 Å². The van der Waals surface area contributed by atoms with Crippen LogP contribution in [0.1, 0.15) is 25.3 Å².